The zero-order valence-corrected chi connectivity index (χ0v) is 18.5. The van der Waals surface area contributed by atoms with E-state index in [1.165, 1.54) is 18.2 Å². The molecule has 6 heteroatoms. The fourth-order valence-electron chi connectivity index (χ4n) is 3.85. The summed E-state index contributed by atoms with van der Waals surface area (Å²) in [5.41, 5.74) is 2.47. The Hall–Kier alpha value is -3.09. The first-order chi connectivity index (χ1) is 16.0. The number of rotatable bonds is 6. The molecule has 0 saturated carbocycles. The Labute approximate surface area is 191 Å². The van der Waals surface area contributed by atoms with Crippen molar-refractivity contribution in [1.82, 2.24) is 0 Å². The zero-order chi connectivity index (χ0) is 23.4. The third-order valence-electron chi connectivity index (χ3n) is 5.59. The van der Waals surface area contributed by atoms with Crippen molar-refractivity contribution >= 4 is 0 Å². The maximum Gasteiger partial charge on any atom is 0.201 e. The number of allylic oxidation sites excluding steroid dienone is 1. The molecule has 3 nitrogen and oxygen atoms in total. The lowest BCUT2D eigenvalue weighted by molar-refractivity contribution is -0.159. The summed E-state index contributed by atoms with van der Waals surface area (Å²) in [6.07, 6.45) is 3.34. The predicted molar refractivity (Wildman–Crippen MR) is 122 cm³/mol. The molecular formula is C27H25F3O3. The summed E-state index contributed by atoms with van der Waals surface area (Å²) in [5.74, 6) is -2.53. The van der Waals surface area contributed by atoms with Crippen molar-refractivity contribution in [2.75, 3.05) is 19.8 Å². The van der Waals surface area contributed by atoms with Gasteiger partial charge in [-0.1, -0.05) is 42.5 Å². The molecule has 3 aromatic rings. The second-order valence-electron chi connectivity index (χ2n) is 7.75. The summed E-state index contributed by atoms with van der Waals surface area (Å²) in [7, 11) is 0. The largest absolute Gasteiger partial charge is 0.491 e. The molecule has 1 aliphatic rings. The van der Waals surface area contributed by atoms with Crippen LogP contribution in [-0.4, -0.2) is 26.1 Å². The highest BCUT2D eigenvalue weighted by atomic mass is 19.2. The van der Waals surface area contributed by atoms with Crippen LogP contribution < -0.4 is 4.74 Å². The Balaban J connectivity index is 1.52. The number of hydrogen-bond acceptors (Lipinski definition) is 3. The lowest BCUT2D eigenvalue weighted by Crippen LogP contribution is -2.29. The van der Waals surface area contributed by atoms with E-state index in [2.05, 4.69) is 0 Å². The van der Waals surface area contributed by atoms with E-state index in [4.69, 9.17) is 14.2 Å². The van der Waals surface area contributed by atoms with Gasteiger partial charge in [-0.2, -0.15) is 4.39 Å². The molecule has 0 atom stereocenters. The molecule has 0 spiro atoms. The van der Waals surface area contributed by atoms with Gasteiger partial charge in [0.15, 0.2) is 17.9 Å². The molecule has 0 aromatic heterocycles. The van der Waals surface area contributed by atoms with Gasteiger partial charge >= 0.3 is 0 Å². The van der Waals surface area contributed by atoms with Crippen molar-refractivity contribution < 1.29 is 27.4 Å². The molecule has 0 N–H and O–H groups in total. The molecule has 1 saturated heterocycles. The summed E-state index contributed by atoms with van der Waals surface area (Å²) in [4.78, 5) is 0. The predicted octanol–water partition coefficient (Wildman–Crippen LogP) is 6.87. The molecule has 0 aliphatic carbocycles. The second-order valence-corrected chi connectivity index (χ2v) is 7.75. The van der Waals surface area contributed by atoms with Crippen LogP contribution in [-0.2, 0) is 9.47 Å². The van der Waals surface area contributed by atoms with Gasteiger partial charge in [0, 0.05) is 17.0 Å². The zero-order valence-electron chi connectivity index (χ0n) is 18.5. The maximum atomic E-state index is 14.9. The van der Waals surface area contributed by atoms with E-state index in [1.54, 1.807) is 37.3 Å². The highest BCUT2D eigenvalue weighted by molar-refractivity contribution is 5.71. The molecule has 0 radical (unpaired) electrons. The lowest BCUT2D eigenvalue weighted by atomic mass is 9.95. The van der Waals surface area contributed by atoms with Gasteiger partial charge in [-0.3, -0.25) is 0 Å². The van der Waals surface area contributed by atoms with Crippen molar-refractivity contribution in [3.63, 3.8) is 0 Å². The molecule has 1 heterocycles. The van der Waals surface area contributed by atoms with Crippen LogP contribution in [0.4, 0.5) is 13.2 Å². The Kier molecular flexibility index (Phi) is 7.16. The number of ether oxygens (including phenoxy) is 3. The minimum atomic E-state index is -1.02. The van der Waals surface area contributed by atoms with Crippen molar-refractivity contribution in [2.24, 2.45) is 0 Å². The molecule has 0 amide bonds. The summed E-state index contributed by atoms with van der Waals surface area (Å²) in [5, 5.41) is 0. The molecule has 33 heavy (non-hydrogen) atoms. The van der Waals surface area contributed by atoms with E-state index in [0.717, 1.165) is 5.56 Å². The molecule has 3 aromatic carbocycles. The third-order valence-corrected chi connectivity index (χ3v) is 5.59. The Bertz CT molecular complexity index is 1130. The average molecular weight is 454 g/mol. The molecule has 1 fully saturated rings. The molecule has 4 rings (SSSR count). The standard InChI is InChI=1S/C27H25F3O3/c1-3-5-25-32-15-20(16-33-25)19-10-11-21(23(28)14-19)17-6-8-18(9-7-17)22-12-13-24(31-4-2)27(30)26(22)29/h3,5-14,20,25H,4,15-16H2,1-2H3/b5-3+. The smallest absolute Gasteiger partial charge is 0.201 e. The van der Waals surface area contributed by atoms with E-state index in [-0.39, 0.29) is 35.9 Å². The number of halogens is 3. The van der Waals surface area contributed by atoms with Crippen molar-refractivity contribution in [3.8, 4) is 28.0 Å². The van der Waals surface area contributed by atoms with E-state index in [9.17, 15) is 13.2 Å². The van der Waals surface area contributed by atoms with Crippen molar-refractivity contribution in [3.05, 3.63) is 89.8 Å². The third kappa shape index (κ3) is 4.97. The topological polar surface area (TPSA) is 27.7 Å². The van der Waals surface area contributed by atoms with E-state index >= 15 is 0 Å². The van der Waals surface area contributed by atoms with E-state index < -0.39 is 11.6 Å². The van der Waals surface area contributed by atoms with E-state index in [1.807, 2.05) is 25.1 Å². The van der Waals surface area contributed by atoms with E-state index in [0.29, 0.717) is 29.9 Å². The van der Waals surface area contributed by atoms with Gasteiger partial charge in [-0.25, -0.2) is 8.78 Å². The summed E-state index contributed by atoms with van der Waals surface area (Å²) >= 11 is 0. The SMILES string of the molecule is C/C=C/C1OCC(c2ccc(-c3ccc(-c4ccc(OCC)c(F)c4F)cc3)c(F)c2)CO1. The fraction of sp³-hybridized carbons (Fsp3) is 0.259. The first kappa shape index (κ1) is 23.1. The van der Waals surface area contributed by atoms with Crippen LogP contribution >= 0.6 is 0 Å². The van der Waals surface area contributed by atoms with Gasteiger partial charge in [0.2, 0.25) is 5.82 Å². The van der Waals surface area contributed by atoms with Gasteiger partial charge in [-0.05, 0) is 54.8 Å². The molecule has 0 bridgehead atoms. The van der Waals surface area contributed by atoms with Crippen molar-refractivity contribution in [2.45, 2.75) is 26.1 Å². The maximum absolute atomic E-state index is 14.9. The highest BCUT2D eigenvalue weighted by Gasteiger charge is 2.23. The van der Waals surface area contributed by atoms with Gasteiger partial charge in [0.25, 0.3) is 0 Å². The first-order valence-corrected chi connectivity index (χ1v) is 10.9. The van der Waals surface area contributed by atoms with Crippen LogP contribution in [0.5, 0.6) is 5.75 Å². The summed E-state index contributed by atoms with van der Waals surface area (Å²) in [6.45, 7) is 4.74. The van der Waals surface area contributed by atoms with Crippen LogP contribution in [0.1, 0.15) is 25.3 Å². The number of hydrogen-bond donors (Lipinski definition) is 0. The molecular weight excluding hydrogens is 429 g/mol. The Morgan fingerprint density at radius 3 is 2.12 bits per heavy atom. The average Bonchev–Trinajstić information content (AvgIpc) is 2.83. The normalized spacial score (nSPS) is 18.6. The van der Waals surface area contributed by atoms with Gasteiger partial charge < -0.3 is 14.2 Å². The quantitative estimate of drug-likeness (QED) is 0.381. The summed E-state index contributed by atoms with van der Waals surface area (Å²) in [6, 6.07) is 14.6. The molecule has 1 aliphatic heterocycles. The van der Waals surface area contributed by atoms with Gasteiger partial charge in [0.1, 0.15) is 5.82 Å². The van der Waals surface area contributed by atoms with Crippen molar-refractivity contribution in [1.29, 1.82) is 0 Å². The fourth-order valence-corrected chi connectivity index (χ4v) is 3.85. The molecule has 0 unspecified atom stereocenters. The lowest BCUT2D eigenvalue weighted by Gasteiger charge is -2.28. The second kappa shape index (κ2) is 10.2. The van der Waals surface area contributed by atoms with Crippen LogP contribution in [0.25, 0.3) is 22.3 Å². The van der Waals surface area contributed by atoms with Crippen LogP contribution in [0, 0.1) is 17.5 Å². The number of benzene rings is 3. The first-order valence-electron chi connectivity index (χ1n) is 10.9. The molecule has 172 valence electrons. The summed E-state index contributed by atoms with van der Waals surface area (Å²) < 4.78 is 60.0. The van der Waals surface area contributed by atoms with Gasteiger partial charge in [-0.15, -0.1) is 0 Å². The van der Waals surface area contributed by atoms with Crippen LogP contribution in [0.15, 0.2) is 66.7 Å². The Morgan fingerprint density at radius 2 is 1.52 bits per heavy atom. The Morgan fingerprint density at radius 1 is 0.879 bits per heavy atom. The van der Waals surface area contributed by atoms with Gasteiger partial charge in [0.05, 0.1) is 19.8 Å². The minimum absolute atomic E-state index is 0.0463. The van der Waals surface area contributed by atoms with Crippen LogP contribution in [0.3, 0.4) is 0 Å². The van der Waals surface area contributed by atoms with Crippen LogP contribution in [0.2, 0.25) is 0 Å². The minimum Gasteiger partial charge on any atom is -0.491 e. The monoisotopic (exact) mass is 454 g/mol. The highest BCUT2D eigenvalue weighted by Crippen LogP contribution is 2.33.